The Kier molecular flexibility index (Phi) is 4.27. The molecule has 2 N–H and O–H groups in total. The molecule has 0 aromatic heterocycles. The van der Waals surface area contributed by atoms with Gasteiger partial charge in [-0.05, 0) is 17.5 Å². The molecule has 82 valence electrons. The van der Waals surface area contributed by atoms with Crippen molar-refractivity contribution < 1.29 is 19.7 Å². The van der Waals surface area contributed by atoms with Crippen LogP contribution in [-0.2, 0) is 16.0 Å². The molecular formula is C11H14O4. The number of methoxy groups -OCH3 is 1. The van der Waals surface area contributed by atoms with Gasteiger partial charge in [-0.2, -0.15) is 0 Å². The summed E-state index contributed by atoms with van der Waals surface area (Å²) in [5, 5.41) is 17.8. The fourth-order valence-electron chi connectivity index (χ4n) is 1.23. The number of aliphatic carboxylic acids is 1. The van der Waals surface area contributed by atoms with Gasteiger partial charge in [0.05, 0.1) is 6.61 Å². The second-order valence-electron chi connectivity index (χ2n) is 3.23. The molecule has 0 aliphatic heterocycles. The molecule has 1 atom stereocenters. The first-order valence-electron chi connectivity index (χ1n) is 4.64. The van der Waals surface area contributed by atoms with Crippen molar-refractivity contribution in [2.45, 2.75) is 12.5 Å². The predicted molar refractivity (Wildman–Crippen MR) is 54.6 cm³/mol. The fraction of sp³-hybridized carbons (Fsp3) is 0.364. The van der Waals surface area contributed by atoms with Crippen LogP contribution in [-0.4, -0.2) is 29.9 Å². The van der Waals surface area contributed by atoms with Crippen molar-refractivity contribution in [1.82, 2.24) is 0 Å². The van der Waals surface area contributed by atoms with Crippen molar-refractivity contribution in [3.05, 3.63) is 35.4 Å². The lowest BCUT2D eigenvalue weighted by Crippen LogP contribution is -2.10. The van der Waals surface area contributed by atoms with Gasteiger partial charge in [-0.1, -0.05) is 24.3 Å². The van der Waals surface area contributed by atoms with E-state index in [0.29, 0.717) is 12.2 Å². The molecule has 1 aromatic carbocycles. The van der Waals surface area contributed by atoms with Crippen molar-refractivity contribution in [3.8, 4) is 0 Å². The lowest BCUT2D eigenvalue weighted by atomic mass is 10.1. The zero-order valence-corrected chi connectivity index (χ0v) is 8.51. The molecule has 1 unspecified atom stereocenters. The van der Waals surface area contributed by atoms with Gasteiger partial charge < -0.3 is 14.9 Å². The fourth-order valence-corrected chi connectivity index (χ4v) is 1.23. The Morgan fingerprint density at radius 1 is 1.40 bits per heavy atom. The summed E-state index contributed by atoms with van der Waals surface area (Å²) in [5.74, 6) is -1.24. The predicted octanol–water partition coefficient (Wildman–Crippen LogP) is 0.994. The van der Waals surface area contributed by atoms with Crippen LogP contribution < -0.4 is 0 Å². The number of hydrogen-bond acceptors (Lipinski definition) is 3. The van der Waals surface area contributed by atoms with E-state index in [4.69, 9.17) is 9.84 Å². The van der Waals surface area contributed by atoms with E-state index < -0.39 is 12.1 Å². The van der Waals surface area contributed by atoms with E-state index >= 15 is 0 Å². The third kappa shape index (κ3) is 3.34. The van der Waals surface area contributed by atoms with E-state index in [2.05, 4.69) is 0 Å². The van der Waals surface area contributed by atoms with Crippen molar-refractivity contribution in [2.75, 3.05) is 13.7 Å². The molecule has 0 aliphatic carbocycles. The van der Waals surface area contributed by atoms with Gasteiger partial charge in [0, 0.05) is 7.11 Å². The molecule has 0 saturated carbocycles. The standard InChI is InChI=1S/C11H14O4/c1-15-7-6-8-2-4-9(5-3-8)10(12)11(13)14/h2-5,10,12H,6-7H2,1H3,(H,13,14). The molecule has 0 saturated heterocycles. The molecule has 15 heavy (non-hydrogen) atoms. The van der Waals surface area contributed by atoms with Gasteiger partial charge in [0.25, 0.3) is 0 Å². The minimum absolute atomic E-state index is 0.392. The molecule has 4 nitrogen and oxygen atoms in total. The number of carbonyl (C=O) groups is 1. The van der Waals surface area contributed by atoms with Crippen LogP contribution in [0.4, 0.5) is 0 Å². The molecule has 0 heterocycles. The number of aliphatic hydroxyl groups excluding tert-OH is 1. The van der Waals surface area contributed by atoms with Gasteiger partial charge in [0.1, 0.15) is 0 Å². The van der Waals surface area contributed by atoms with Crippen LogP contribution >= 0.6 is 0 Å². The van der Waals surface area contributed by atoms with Gasteiger partial charge in [0.2, 0.25) is 0 Å². The smallest absolute Gasteiger partial charge is 0.337 e. The van der Waals surface area contributed by atoms with Crippen molar-refractivity contribution in [2.24, 2.45) is 0 Å². The molecule has 0 amide bonds. The summed E-state index contributed by atoms with van der Waals surface area (Å²) < 4.78 is 4.92. The monoisotopic (exact) mass is 210 g/mol. The van der Waals surface area contributed by atoms with Gasteiger partial charge >= 0.3 is 5.97 Å². The summed E-state index contributed by atoms with van der Waals surface area (Å²) in [6.07, 6.45) is -0.665. The minimum Gasteiger partial charge on any atom is -0.479 e. The highest BCUT2D eigenvalue weighted by atomic mass is 16.5. The summed E-state index contributed by atoms with van der Waals surface area (Å²) in [6, 6.07) is 6.81. The van der Waals surface area contributed by atoms with E-state index in [9.17, 15) is 9.90 Å². The maximum Gasteiger partial charge on any atom is 0.337 e. The highest BCUT2D eigenvalue weighted by molar-refractivity contribution is 5.73. The van der Waals surface area contributed by atoms with Crippen LogP contribution in [0.3, 0.4) is 0 Å². The zero-order chi connectivity index (χ0) is 11.3. The van der Waals surface area contributed by atoms with E-state index in [1.807, 2.05) is 0 Å². The first-order valence-corrected chi connectivity index (χ1v) is 4.64. The molecule has 0 fully saturated rings. The second kappa shape index (κ2) is 5.48. The van der Waals surface area contributed by atoms with Crippen LogP contribution in [0.15, 0.2) is 24.3 Å². The van der Waals surface area contributed by atoms with Crippen LogP contribution in [0.25, 0.3) is 0 Å². The quantitative estimate of drug-likeness (QED) is 0.760. The maximum absolute atomic E-state index is 10.5. The molecular weight excluding hydrogens is 196 g/mol. The summed E-state index contributed by atoms with van der Waals surface area (Å²) >= 11 is 0. The average molecular weight is 210 g/mol. The van der Waals surface area contributed by atoms with Gasteiger partial charge in [-0.15, -0.1) is 0 Å². The number of benzene rings is 1. The molecule has 0 bridgehead atoms. The number of rotatable bonds is 5. The Hall–Kier alpha value is -1.39. The number of carboxylic acids is 1. The normalized spacial score (nSPS) is 12.4. The van der Waals surface area contributed by atoms with Gasteiger partial charge in [0.15, 0.2) is 6.10 Å². The highest BCUT2D eigenvalue weighted by Gasteiger charge is 2.14. The molecule has 0 aliphatic rings. The molecule has 1 rings (SSSR count). The third-order valence-electron chi connectivity index (χ3n) is 2.12. The van der Waals surface area contributed by atoms with E-state index in [-0.39, 0.29) is 0 Å². The zero-order valence-electron chi connectivity index (χ0n) is 8.51. The molecule has 0 radical (unpaired) electrons. The van der Waals surface area contributed by atoms with Crippen molar-refractivity contribution in [3.63, 3.8) is 0 Å². The SMILES string of the molecule is COCCc1ccc(C(O)C(=O)O)cc1. The van der Waals surface area contributed by atoms with E-state index in [1.165, 1.54) is 0 Å². The van der Waals surface area contributed by atoms with Gasteiger partial charge in [-0.25, -0.2) is 4.79 Å². The van der Waals surface area contributed by atoms with Crippen LogP contribution in [0.2, 0.25) is 0 Å². The van der Waals surface area contributed by atoms with Gasteiger partial charge in [-0.3, -0.25) is 0 Å². The summed E-state index contributed by atoms with van der Waals surface area (Å²) in [4.78, 5) is 10.5. The van der Waals surface area contributed by atoms with Crippen LogP contribution in [0.1, 0.15) is 17.2 Å². The topological polar surface area (TPSA) is 66.8 Å². The lowest BCUT2D eigenvalue weighted by Gasteiger charge is -2.06. The Morgan fingerprint density at radius 2 is 2.00 bits per heavy atom. The Morgan fingerprint density at radius 3 is 2.47 bits per heavy atom. The number of carboxylic acid groups (broad SMARTS) is 1. The molecule has 0 spiro atoms. The number of aliphatic hydroxyl groups is 1. The first-order chi connectivity index (χ1) is 7.15. The summed E-state index contributed by atoms with van der Waals surface area (Å²) in [7, 11) is 1.63. The molecule has 1 aromatic rings. The Labute approximate surface area is 88.1 Å². The summed E-state index contributed by atoms with van der Waals surface area (Å²) in [5.41, 5.74) is 1.45. The summed E-state index contributed by atoms with van der Waals surface area (Å²) in [6.45, 7) is 0.626. The Balaban J connectivity index is 2.67. The molecule has 4 heteroatoms. The second-order valence-corrected chi connectivity index (χ2v) is 3.23. The third-order valence-corrected chi connectivity index (χ3v) is 2.12. The minimum atomic E-state index is -1.44. The Bertz CT molecular complexity index is 318. The van der Waals surface area contributed by atoms with Crippen molar-refractivity contribution >= 4 is 5.97 Å². The number of ether oxygens (including phenoxy) is 1. The van der Waals surface area contributed by atoms with Crippen molar-refractivity contribution in [1.29, 1.82) is 0 Å². The van der Waals surface area contributed by atoms with E-state index in [1.54, 1.807) is 31.4 Å². The number of hydrogen-bond donors (Lipinski definition) is 2. The first kappa shape index (κ1) is 11.7. The van der Waals surface area contributed by atoms with E-state index in [0.717, 1.165) is 12.0 Å². The maximum atomic E-state index is 10.5. The average Bonchev–Trinajstić information content (AvgIpc) is 2.26. The van der Waals surface area contributed by atoms with Crippen LogP contribution in [0, 0.1) is 0 Å². The van der Waals surface area contributed by atoms with Crippen LogP contribution in [0.5, 0.6) is 0 Å². The lowest BCUT2D eigenvalue weighted by molar-refractivity contribution is -0.146. The largest absolute Gasteiger partial charge is 0.479 e. The highest BCUT2D eigenvalue weighted by Crippen LogP contribution is 2.14.